The summed E-state index contributed by atoms with van der Waals surface area (Å²) in [5.74, 6) is 0.833. The van der Waals surface area contributed by atoms with Gasteiger partial charge in [-0.1, -0.05) is 12.1 Å². The molecule has 0 bridgehead atoms. The summed E-state index contributed by atoms with van der Waals surface area (Å²) < 4.78 is 7.38. The van der Waals surface area contributed by atoms with Gasteiger partial charge >= 0.3 is 0 Å². The van der Waals surface area contributed by atoms with E-state index in [4.69, 9.17) is 4.74 Å². The van der Waals surface area contributed by atoms with Crippen molar-refractivity contribution in [2.45, 2.75) is 27.4 Å². The van der Waals surface area contributed by atoms with Gasteiger partial charge in [0, 0.05) is 17.1 Å². The quantitative estimate of drug-likeness (QED) is 0.745. The van der Waals surface area contributed by atoms with Gasteiger partial charge in [0.05, 0.1) is 5.69 Å². The van der Waals surface area contributed by atoms with Crippen LogP contribution in [-0.4, -0.2) is 9.38 Å². The normalized spacial score (nSPS) is 11.0. The Morgan fingerprint density at radius 3 is 2.90 bits per heavy atom. The van der Waals surface area contributed by atoms with Crippen LogP contribution < -0.4 is 10.3 Å². The third kappa shape index (κ3) is 2.69. The molecule has 0 saturated carbocycles. The molecule has 3 rings (SSSR count). The fourth-order valence-electron chi connectivity index (χ4n) is 2.16. The van der Waals surface area contributed by atoms with Crippen molar-refractivity contribution in [1.29, 1.82) is 0 Å². The van der Waals surface area contributed by atoms with Crippen LogP contribution in [-0.2, 0) is 6.61 Å². The maximum absolute atomic E-state index is 12.0. The third-order valence-electron chi connectivity index (χ3n) is 3.47. The summed E-state index contributed by atoms with van der Waals surface area (Å²) in [6.45, 7) is 6.34. The van der Waals surface area contributed by atoms with Crippen molar-refractivity contribution in [3.8, 4) is 5.75 Å². The average Bonchev–Trinajstić information content (AvgIpc) is 2.81. The molecule has 0 aliphatic rings. The lowest BCUT2D eigenvalue weighted by Gasteiger charge is -2.10. The third-order valence-corrected chi connectivity index (χ3v) is 4.36. The molecule has 0 fully saturated rings. The summed E-state index contributed by atoms with van der Waals surface area (Å²) in [6, 6.07) is 7.48. The van der Waals surface area contributed by atoms with Gasteiger partial charge in [0.2, 0.25) is 0 Å². The number of hydrogen-bond acceptors (Lipinski definition) is 4. The van der Waals surface area contributed by atoms with Gasteiger partial charge in [0.25, 0.3) is 5.56 Å². The van der Waals surface area contributed by atoms with Crippen LogP contribution in [0.1, 0.15) is 21.7 Å². The highest BCUT2D eigenvalue weighted by molar-refractivity contribution is 7.16. The largest absolute Gasteiger partial charge is 0.487 e. The first-order valence-corrected chi connectivity index (χ1v) is 7.54. The van der Waals surface area contributed by atoms with Gasteiger partial charge in [0.1, 0.15) is 12.4 Å². The van der Waals surface area contributed by atoms with Crippen LogP contribution in [0.15, 0.2) is 35.3 Å². The van der Waals surface area contributed by atoms with Crippen molar-refractivity contribution in [2.75, 3.05) is 0 Å². The molecule has 0 amide bonds. The van der Waals surface area contributed by atoms with E-state index < -0.39 is 0 Å². The van der Waals surface area contributed by atoms with Crippen molar-refractivity contribution in [3.05, 3.63) is 62.5 Å². The minimum absolute atomic E-state index is 0.0658. The van der Waals surface area contributed by atoms with E-state index in [2.05, 4.69) is 4.98 Å². The second-order valence-corrected chi connectivity index (χ2v) is 6.28. The molecular formula is C16H16N2O2S. The first kappa shape index (κ1) is 13.8. The number of benzene rings is 1. The summed E-state index contributed by atoms with van der Waals surface area (Å²) in [5, 5.41) is 0. The van der Waals surface area contributed by atoms with E-state index in [0.717, 1.165) is 16.2 Å². The van der Waals surface area contributed by atoms with E-state index in [1.54, 1.807) is 4.40 Å². The topological polar surface area (TPSA) is 43.6 Å². The first-order valence-electron chi connectivity index (χ1n) is 6.72. The Hall–Kier alpha value is -2.14. The Labute approximate surface area is 126 Å². The monoisotopic (exact) mass is 300 g/mol. The second kappa shape index (κ2) is 5.33. The molecule has 0 atom stereocenters. The Bertz CT molecular complexity index is 864. The van der Waals surface area contributed by atoms with Crippen LogP contribution in [0.2, 0.25) is 0 Å². The molecule has 2 heterocycles. The zero-order chi connectivity index (χ0) is 15.0. The van der Waals surface area contributed by atoms with Crippen molar-refractivity contribution in [1.82, 2.24) is 9.38 Å². The van der Waals surface area contributed by atoms with Crippen molar-refractivity contribution >= 4 is 16.3 Å². The number of thiazole rings is 1. The molecule has 0 N–H and O–H groups in total. The molecule has 5 heteroatoms. The van der Waals surface area contributed by atoms with Crippen LogP contribution in [0.25, 0.3) is 4.96 Å². The molecular weight excluding hydrogens is 284 g/mol. The van der Waals surface area contributed by atoms with Gasteiger partial charge in [0.15, 0.2) is 4.96 Å². The number of hydrogen-bond donors (Lipinski definition) is 0. The van der Waals surface area contributed by atoms with Gasteiger partial charge < -0.3 is 4.74 Å². The molecule has 4 nitrogen and oxygen atoms in total. The van der Waals surface area contributed by atoms with Crippen LogP contribution in [0.4, 0.5) is 0 Å². The summed E-state index contributed by atoms with van der Waals surface area (Å²) in [4.78, 5) is 18.3. The predicted molar refractivity (Wildman–Crippen MR) is 84.3 cm³/mol. The van der Waals surface area contributed by atoms with Gasteiger partial charge in [-0.3, -0.25) is 9.20 Å². The highest BCUT2D eigenvalue weighted by Gasteiger charge is 2.07. The van der Waals surface area contributed by atoms with E-state index in [9.17, 15) is 4.79 Å². The van der Waals surface area contributed by atoms with Crippen molar-refractivity contribution in [3.63, 3.8) is 0 Å². The van der Waals surface area contributed by atoms with Crippen molar-refractivity contribution < 1.29 is 4.74 Å². The minimum atomic E-state index is -0.0658. The highest BCUT2D eigenvalue weighted by Crippen LogP contribution is 2.21. The molecule has 1 aromatic carbocycles. The van der Waals surface area contributed by atoms with Crippen LogP contribution in [0.3, 0.4) is 0 Å². The summed E-state index contributed by atoms with van der Waals surface area (Å²) in [7, 11) is 0. The van der Waals surface area contributed by atoms with E-state index in [-0.39, 0.29) is 5.56 Å². The first-order chi connectivity index (χ1) is 10.0. The molecule has 0 spiro atoms. The van der Waals surface area contributed by atoms with Gasteiger partial charge in [-0.25, -0.2) is 4.98 Å². The fraction of sp³-hybridized carbons (Fsp3) is 0.250. The average molecular weight is 300 g/mol. The zero-order valence-electron chi connectivity index (χ0n) is 12.2. The van der Waals surface area contributed by atoms with E-state index in [1.807, 2.05) is 45.2 Å². The lowest BCUT2D eigenvalue weighted by molar-refractivity contribution is 0.299. The second-order valence-electron chi connectivity index (χ2n) is 5.07. The molecule has 3 aromatic rings. The number of ether oxygens (including phenoxy) is 1. The lowest BCUT2D eigenvalue weighted by atomic mass is 10.1. The van der Waals surface area contributed by atoms with Gasteiger partial charge in [-0.05, 0) is 38.0 Å². The molecule has 0 aliphatic heterocycles. The standard InChI is InChI=1S/C16H16N2O2S/c1-10-5-4-6-14(12(10)3)20-9-13-7-15(19)18-8-11(2)21-16(18)17-13/h4-8H,9H2,1-3H3. The van der Waals surface area contributed by atoms with Gasteiger partial charge in [-0.15, -0.1) is 11.3 Å². The van der Waals surface area contributed by atoms with Crippen molar-refractivity contribution in [2.24, 2.45) is 0 Å². The molecule has 2 aromatic heterocycles. The summed E-state index contributed by atoms with van der Waals surface area (Å²) in [5.41, 5.74) is 2.89. The molecule has 108 valence electrons. The van der Waals surface area contributed by atoms with Crippen LogP contribution in [0, 0.1) is 20.8 Å². The zero-order valence-corrected chi connectivity index (χ0v) is 13.0. The summed E-state index contributed by atoms with van der Waals surface area (Å²) in [6.07, 6.45) is 1.81. The number of aromatic nitrogens is 2. The predicted octanol–water partition coefficient (Wildman–Crippen LogP) is 3.26. The minimum Gasteiger partial charge on any atom is -0.487 e. The Morgan fingerprint density at radius 2 is 2.10 bits per heavy atom. The molecule has 21 heavy (non-hydrogen) atoms. The lowest BCUT2D eigenvalue weighted by Crippen LogP contribution is -2.14. The molecule has 0 radical (unpaired) electrons. The number of aryl methyl sites for hydroxylation is 2. The van der Waals surface area contributed by atoms with Crippen LogP contribution in [0.5, 0.6) is 5.75 Å². The number of rotatable bonds is 3. The van der Waals surface area contributed by atoms with E-state index in [1.165, 1.54) is 23.0 Å². The van der Waals surface area contributed by atoms with E-state index in [0.29, 0.717) is 17.3 Å². The molecule has 0 unspecified atom stereocenters. The maximum Gasteiger partial charge on any atom is 0.258 e. The Kier molecular flexibility index (Phi) is 3.51. The number of fused-ring (bicyclic) bond motifs is 1. The smallest absolute Gasteiger partial charge is 0.258 e. The Morgan fingerprint density at radius 1 is 1.29 bits per heavy atom. The van der Waals surface area contributed by atoms with E-state index >= 15 is 0 Å². The fourth-order valence-corrected chi connectivity index (χ4v) is 3.01. The Balaban J connectivity index is 1.88. The maximum atomic E-state index is 12.0. The number of nitrogens with zero attached hydrogens (tertiary/aromatic N) is 2. The summed E-state index contributed by atoms with van der Waals surface area (Å²) >= 11 is 1.50. The SMILES string of the molecule is Cc1cn2c(=O)cc(COc3cccc(C)c3C)nc2s1. The van der Waals surface area contributed by atoms with Crippen LogP contribution >= 0.6 is 11.3 Å². The highest BCUT2D eigenvalue weighted by atomic mass is 32.1. The molecule has 0 saturated heterocycles. The molecule has 0 aliphatic carbocycles. The van der Waals surface area contributed by atoms with Gasteiger partial charge in [-0.2, -0.15) is 0 Å².